The van der Waals surface area contributed by atoms with E-state index in [1.54, 1.807) is 0 Å². The highest BCUT2D eigenvalue weighted by atomic mass is 35.5. The number of unbranched alkanes of at least 4 members (excludes halogenated alkanes) is 4. The van der Waals surface area contributed by atoms with E-state index in [4.69, 9.17) is 20.8 Å². The summed E-state index contributed by atoms with van der Waals surface area (Å²) in [5.41, 5.74) is 0. The van der Waals surface area contributed by atoms with E-state index < -0.39 is 6.53 Å². The zero-order chi connectivity index (χ0) is 10.6. The van der Waals surface area contributed by atoms with Crippen molar-refractivity contribution in [2.75, 3.05) is 13.2 Å². The lowest BCUT2D eigenvalue weighted by atomic mass is 10.2. The van der Waals surface area contributed by atoms with Gasteiger partial charge in [-0.3, -0.25) is 0 Å². The molecule has 0 unspecified atom stereocenters. The summed E-state index contributed by atoms with van der Waals surface area (Å²) in [5, 5.41) is 0. The topological polar surface area (TPSA) is 18.5 Å². The third-order valence-corrected chi connectivity index (χ3v) is 2.25. The van der Waals surface area contributed by atoms with Gasteiger partial charge in [0.15, 0.2) is 0 Å². The van der Waals surface area contributed by atoms with E-state index in [-0.39, 0.29) is 0 Å². The van der Waals surface area contributed by atoms with Crippen molar-refractivity contribution >= 4 is 18.0 Å². The molecule has 0 spiro atoms. The van der Waals surface area contributed by atoms with Gasteiger partial charge >= 0.3 is 6.53 Å². The van der Waals surface area contributed by atoms with E-state index in [0.29, 0.717) is 13.2 Å². The minimum absolute atomic E-state index is 0.552. The maximum atomic E-state index is 5.79. The zero-order valence-electron chi connectivity index (χ0n) is 9.43. The second kappa shape index (κ2) is 11.4. The van der Waals surface area contributed by atoms with Crippen molar-refractivity contribution in [3.8, 4) is 0 Å². The van der Waals surface area contributed by atoms with Gasteiger partial charge in [-0.15, -0.1) is 11.5 Å². The van der Waals surface area contributed by atoms with E-state index in [1.165, 1.54) is 25.7 Å². The molecular formula is C10H22BClO2. The maximum Gasteiger partial charge on any atom is 0.571 e. The summed E-state index contributed by atoms with van der Waals surface area (Å²) in [5.74, 6) is 0. The Hall–Kier alpha value is 0.275. The Morgan fingerprint density at radius 3 is 1.64 bits per heavy atom. The highest BCUT2D eigenvalue weighted by Gasteiger charge is 2.12. The first-order valence-electron chi connectivity index (χ1n) is 5.68. The van der Waals surface area contributed by atoms with Gasteiger partial charge in [-0.05, 0) is 12.8 Å². The van der Waals surface area contributed by atoms with Gasteiger partial charge in [0, 0.05) is 13.2 Å². The summed E-state index contributed by atoms with van der Waals surface area (Å²) in [4.78, 5) is 0. The van der Waals surface area contributed by atoms with Crippen LogP contribution in [0.1, 0.15) is 52.4 Å². The summed E-state index contributed by atoms with van der Waals surface area (Å²) >= 11 is 5.79. The summed E-state index contributed by atoms with van der Waals surface area (Å²) in [6.45, 7) is 5.19. The second-order valence-electron chi connectivity index (χ2n) is 3.43. The average Bonchev–Trinajstić information content (AvgIpc) is 2.19. The monoisotopic (exact) mass is 220 g/mol. The van der Waals surface area contributed by atoms with Gasteiger partial charge in [0.2, 0.25) is 0 Å². The molecule has 0 N–H and O–H groups in total. The first-order chi connectivity index (χ1) is 6.81. The quantitative estimate of drug-likeness (QED) is 0.413. The summed E-state index contributed by atoms with van der Waals surface area (Å²) in [6, 6.07) is 0. The minimum Gasteiger partial charge on any atom is -0.398 e. The third kappa shape index (κ3) is 10.4. The van der Waals surface area contributed by atoms with Crippen LogP contribution in [0, 0.1) is 0 Å². The predicted molar refractivity (Wildman–Crippen MR) is 62.6 cm³/mol. The van der Waals surface area contributed by atoms with Gasteiger partial charge in [0.1, 0.15) is 0 Å². The Labute approximate surface area is 93.4 Å². The Balaban J connectivity index is 3.07. The molecule has 0 atom stereocenters. The highest BCUT2D eigenvalue weighted by Crippen LogP contribution is 2.02. The Morgan fingerprint density at radius 2 is 1.29 bits per heavy atom. The van der Waals surface area contributed by atoms with E-state index in [9.17, 15) is 0 Å². The van der Waals surface area contributed by atoms with Gasteiger partial charge in [-0.1, -0.05) is 39.5 Å². The zero-order valence-corrected chi connectivity index (χ0v) is 10.2. The summed E-state index contributed by atoms with van der Waals surface area (Å²) in [6.07, 6.45) is 6.93. The van der Waals surface area contributed by atoms with Gasteiger partial charge < -0.3 is 9.31 Å². The molecular weight excluding hydrogens is 198 g/mol. The van der Waals surface area contributed by atoms with Crippen LogP contribution in [-0.4, -0.2) is 19.7 Å². The molecule has 4 heteroatoms. The van der Waals surface area contributed by atoms with E-state index in [0.717, 1.165) is 12.8 Å². The van der Waals surface area contributed by atoms with Crippen LogP contribution in [0.25, 0.3) is 0 Å². The summed E-state index contributed by atoms with van der Waals surface area (Å²) < 4.78 is 10.5. The largest absolute Gasteiger partial charge is 0.571 e. The normalized spacial score (nSPS) is 10.5. The third-order valence-electron chi connectivity index (χ3n) is 1.99. The lowest BCUT2D eigenvalue weighted by Crippen LogP contribution is -2.17. The van der Waals surface area contributed by atoms with Gasteiger partial charge in [-0.25, -0.2) is 0 Å². The number of rotatable bonds is 10. The maximum absolute atomic E-state index is 5.79. The van der Waals surface area contributed by atoms with Crippen LogP contribution in [0.3, 0.4) is 0 Å². The Bertz CT molecular complexity index is 102. The van der Waals surface area contributed by atoms with Crippen molar-refractivity contribution in [1.29, 1.82) is 0 Å². The van der Waals surface area contributed by atoms with Gasteiger partial charge in [0.05, 0.1) is 0 Å². The average molecular weight is 221 g/mol. The fourth-order valence-electron chi connectivity index (χ4n) is 1.10. The number of halogens is 1. The second-order valence-corrected chi connectivity index (χ2v) is 3.79. The number of hydrogen-bond acceptors (Lipinski definition) is 2. The van der Waals surface area contributed by atoms with Crippen molar-refractivity contribution in [1.82, 2.24) is 0 Å². The molecule has 14 heavy (non-hydrogen) atoms. The SMILES string of the molecule is CCCCCOB(Cl)OCCCCC. The molecule has 2 nitrogen and oxygen atoms in total. The van der Waals surface area contributed by atoms with Crippen LogP contribution in [-0.2, 0) is 9.31 Å². The van der Waals surface area contributed by atoms with E-state index in [1.807, 2.05) is 0 Å². The van der Waals surface area contributed by atoms with Crippen LogP contribution < -0.4 is 0 Å². The Morgan fingerprint density at radius 1 is 0.857 bits per heavy atom. The van der Waals surface area contributed by atoms with Gasteiger partial charge in [-0.2, -0.15) is 0 Å². The van der Waals surface area contributed by atoms with Crippen LogP contribution in [0.5, 0.6) is 0 Å². The fourth-order valence-corrected chi connectivity index (χ4v) is 1.28. The van der Waals surface area contributed by atoms with Gasteiger partial charge in [0.25, 0.3) is 0 Å². The van der Waals surface area contributed by atoms with Crippen LogP contribution >= 0.6 is 11.5 Å². The number of hydrogen-bond donors (Lipinski definition) is 0. The first-order valence-corrected chi connectivity index (χ1v) is 6.12. The molecule has 0 amide bonds. The first kappa shape index (κ1) is 14.3. The molecule has 0 saturated heterocycles. The Kier molecular flexibility index (Phi) is 11.6. The lowest BCUT2D eigenvalue weighted by molar-refractivity contribution is 0.206. The minimum atomic E-state index is -0.552. The van der Waals surface area contributed by atoms with Crippen LogP contribution in [0.2, 0.25) is 0 Å². The van der Waals surface area contributed by atoms with Crippen LogP contribution in [0.4, 0.5) is 0 Å². The standard InChI is InChI=1S/C10H22BClO2/c1-3-5-7-9-13-11(12)14-10-8-6-4-2/h3-10H2,1-2H3. The fraction of sp³-hybridized carbons (Fsp3) is 1.00. The molecule has 0 radical (unpaired) electrons. The molecule has 0 aromatic rings. The van der Waals surface area contributed by atoms with Crippen LogP contribution in [0.15, 0.2) is 0 Å². The highest BCUT2D eigenvalue weighted by molar-refractivity contribution is 6.99. The van der Waals surface area contributed by atoms with Crippen molar-refractivity contribution in [3.05, 3.63) is 0 Å². The molecule has 84 valence electrons. The molecule has 0 bridgehead atoms. The molecule has 0 aromatic heterocycles. The molecule has 0 aliphatic carbocycles. The lowest BCUT2D eigenvalue weighted by Gasteiger charge is -2.07. The predicted octanol–water partition coefficient (Wildman–Crippen LogP) is 3.62. The molecule has 0 saturated carbocycles. The van der Waals surface area contributed by atoms with Crippen molar-refractivity contribution in [3.63, 3.8) is 0 Å². The molecule has 0 heterocycles. The van der Waals surface area contributed by atoms with Crippen molar-refractivity contribution in [2.45, 2.75) is 52.4 Å². The molecule has 0 rings (SSSR count). The van der Waals surface area contributed by atoms with Crippen molar-refractivity contribution < 1.29 is 9.31 Å². The van der Waals surface area contributed by atoms with Crippen molar-refractivity contribution in [2.24, 2.45) is 0 Å². The summed E-state index contributed by atoms with van der Waals surface area (Å²) in [7, 11) is 0. The molecule has 0 aliphatic heterocycles. The molecule has 0 aliphatic rings. The molecule has 0 aromatic carbocycles. The smallest absolute Gasteiger partial charge is 0.398 e. The van der Waals surface area contributed by atoms with E-state index in [2.05, 4.69) is 13.8 Å². The molecule has 0 fully saturated rings. The van der Waals surface area contributed by atoms with E-state index >= 15 is 0 Å².